The molecule has 0 heterocycles. The van der Waals surface area contributed by atoms with Crippen molar-refractivity contribution in [3.63, 3.8) is 0 Å². The zero-order valence-corrected chi connectivity index (χ0v) is 18.8. The summed E-state index contributed by atoms with van der Waals surface area (Å²) in [5.74, 6) is 0.207. The van der Waals surface area contributed by atoms with Gasteiger partial charge >= 0.3 is 0 Å². The van der Waals surface area contributed by atoms with Crippen molar-refractivity contribution < 1.29 is 17.9 Å². The van der Waals surface area contributed by atoms with Crippen molar-refractivity contribution in [2.45, 2.75) is 24.8 Å². The lowest BCUT2D eigenvalue weighted by molar-refractivity contribution is -0.122. The molecular formula is C22H21BrN2O4S. The van der Waals surface area contributed by atoms with E-state index >= 15 is 0 Å². The molecule has 0 aliphatic heterocycles. The number of hydrogen-bond donors (Lipinski definition) is 2. The Bertz CT molecular complexity index is 1150. The van der Waals surface area contributed by atoms with Crippen LogP contribution in [0, 0.1) is 6.92 Å². The number of carbonyl (C=O) groups is 1. The summed E-state index contributed by atoms with van der Waals surface area (Å²) in [6.45, 7) is 3.60. The highest BCUT2D eigenvalue weighted by Crippen LogP contribution is 2.27. The van der Waals surface area contributed by atoms with Gasteiger partial charge in [-0.2, -0.15) is 0 Å². The van der Waals surface area contributed by atoms with E-state index in [0.29, 0.717) is 17.1 Å². The van der Waals surface area contributed by atoms with Crippen LogP contribution in [0.4, 0.5) is 11.4 Å². The van der Waals surface area contributed by atoms with Crippen molar-refractivity contribution in [3.05, 3.63) is 82.8 Å². The first kappa shape index (κ1) is 21.9. The van der Waals surface area contributed by atoms with E-state index in [0.717, 1.165) is 10.0 Å². The van der Waals surface area contributed by atoms with E-state index in [1.165, 1.54) is 12.1 Å². The second-order valence-electron chi connectivity index (χ2n) is 6.68. The number of ether oxygens (including phenoxy) is 1. The van der Waals surface area contributed by atoms with Crippen LogP contribution in [0.25, 0.3) is 0 Å². The van der Waals surface area contributed by atoms with Gasteiger partial charge in [0.15, 0.2) is 6.10 Å². The van der Waals surface area contributed by atoms with E-state index in [2.05, 4.69) is 26.0 Å². The van der Waals surface area contributed by atoms with Crippen molar-refractivity contribution in [3.8, 4) is 5.75 Å². The summed E-state index contributed by atoms with van der Waals surface area (Å²) in [6, 6.07) is 20.1. The molecule has 0 aliphatic carbocycles. The molecule has 3 rings (SSSR count). The molecule has 156 valence electrons. The number of anilines is 2. The molecule has 30 heavy (non-hydrogen) atoms. The molecule has 0 saturated heterocycles. The first-order valence-electron chi connectivity index (χ1n) is 9.16. The number of nitrogens with one attached hydrogen (secondary N) is 2. The van der Waals surface area contributed by atoms with E-state index in [-0.39, 0.29) is 10.8 Å². The molecule has 6 nitrogen and oxygen atoms in total. The zero-order chi connectivity index (χ0) is 21.7. The van der Waals surface area contributed by atoms with E-state index in [9.17, 15) is 13.2 Å². The van der Waals surface area contributed by atoms with Crippen LogP contribution in [0.3, 0.4) is 0 Å². The number of halogens is 1. The van der Waals surface area contributed by atoms with Crippen molar-refractivity contribution in [1.29, 1.82) is 0 Å². The van der Waals surface area contributed by atoms with Gasteiger partial charge in [-0.1, -0.05) is 30.3 Å². The molecule has 3 aromatic rings. The van der Waals surface area contributed by atoms with Crippen LogP contribution in [0.1, 0.15) is 12.5 Å². The highest BCUT2D eigenvalue weighted by Gasteiger charge is 2.17. The van der Waals surface area contributed by atoms with Crippen LogP contribution in [-0.2, 0) is 14.8 Å². The van der Waals surface area contributed by atoms with Crippen molar-refractivity contribution >= 4 is 43.2 Å². The number of aryl methyl sites for hydroxylation is 1. The molecule has 1 unspecified atom stereocenters. The molecule has 0 aliphatic rings. The van der Waals surface area contributed by atoms with E-state index in [1.54, 1.807) is 55.5 Å². The Morgan fingerprint density at radius 1 is 0.967 bits per heavy atom. The average Bonchev–Trinajstić information content (AvgIpc) is 2.70. The van der Waals surface area contributed by atoms with Crippen LogP contribution >= 0.6 is 15.9 Å². The summed E-state index contributed by atoms with van der Waals surface area (Å²) in [4.78, 5) is 12.7. The standard InChI is InChI=1S/C22H21BrN2O4S/c1-15-11-12-21(20(23)13-15)29-16(2)22(26)24-17-7-6-8-18(14-17)25-30(27,28)19-9-4-3-5-10-19/h3-14,16,25H,1-2H3,(H,24,26). The summed E-state index contributed by atoms with van der Waals surface area (Å²) < 4.78 is 34.0. The fourth-order valence-corrected chi connectivity index (χ4v) is 4.32. The number of carbonyl (C=O) groups excluding carboxylic acids is 1. The summed E-state index contributed by atoms with van der Waals surface area (Å²) >= 11 is 3.43. The third-order valence-electron chi connectivity index (χ3n) is 4.20. The summed E-state index contributed by atoms with van der Waals surface area (Å²) in [5, 5.41) is 2.74. The molecule has 0 aromatic heterocycles. The number of amides is 1. The minimum Gasteiger partial charge on any atom is -0.480 e. The Morgan fingerprint density at radius 3 is 2.37 bits per heavy atom. The summed E-state index contributed by atoms with van der Waals surface area (Å²) in [6.07, 6.45) is -0.756. The molecule has 1 amide bonds. The van der Waals surface area contributed by atoms with Crippen LogP contribution in [-0.4, -0.2) is 20.4 Å². The lowest BCUT2D eigenvalue weighted by atomic mass is 10.2. The fourth-order valence-electron chi connectivity index (χ4n) is 2.66. The second kappa shape index (κ2) is 9.32. The number of rotatable bonds is 7. The number of benzene rings is 3. The Labute approximate surface area is 184 Å². The van der Waals surface area contributed by atoms with Gasteiger partial charge in [0.2, 0.25) is 0 Å². The maximum absolute atomic E-state index is 12.5. The summed E-state index contributed by atoms with van der Waals surface area (Å²) in [5.41, 5.74) is 1.86. The fraction of sp³-hybridized carbons (Fsp3) is 0.136. The first-order valence-corrected chi connectivity index (χ1v) is 11.4. The Hall–Kier alpha value is -2.84. The first-order chi connectivity index (χ1) is 14.2. The zero-order valence-electron chi connectivity index (χ0n) is 16.4. The molecule has 0 bridgehead atoms. The predicted molar refractivity (Wildman–Crippen MR) is 121 cm³/mol. The molecule has 0 fully saturated rings. The van der Waals surface area contributed by atoms with Gasteiger partial charge in [-0.05, 0) is 77.8 Å². The van der Waals surface area contributed by atoms with Crippen molar-refractivity contribution in [2.24, 2.45) is 0 Å². The van der Waals surface area contributed by atoms with Crippen LogP contribution < -0.4 is 14.8 Å². The minimum absolute atomic E-state index is 0.158. The maximum Gasteiger partial charge on any atom is 0.265 e. The van der Waals surface area contributed by atoms with Gasteiger partial charge in [0, 0.05) is 5.69 Å². The van der Waals surface area contributed by atoms with E-state index in [4.69, 9.17) is 4.74 Å². The topological polar surface area (TPSA) is 84.5 Å². The monoisotopic (exact) mass is 488 g/mol. The smallest absolute Gasteiger partial charge is 0.265 e. The molecule has 3 aromatic carbocycles. The van der Waals surface area contributed by atoms with E-state index in [1.807, 2.05) is 19.1 Å². The third-order valence-corrected chi connectivity index (χ3v) is 6.21. The normalized spacial score (nSPS) is 12.1. The van der Waals surface area contributed by atoms with Gasteiger partial charge < -0.3 is 10.1 Å². The molecule has 0 spiro atoms. The number of hydrogen-bond acceptors (Lipinski definition) is 4. The molecule has 2 N–H and O–H groups in total. The van der Waals surface area contributed by atoms with Crippen molar-refractivity contribution in [1.82, 2.24) is 0 Å². The minimum atomic E-state index is -3.72. The highest BCUT2D eigenvalue weighted by atomic mass is 79.9. The Kier molecular flexibility index (Phi) is 6.79. The lowest BCUT2D eigenvalue weighted by Crippen LogP contribution is -2.30. The molecule has 0 saturated carbocycles. The maximum atomic E-state index is 12.5. The van der Waals surface area contributed by atoms with Gasteiger partial charge in [0.1, 0.15) is 5.75 Å². The van der Waals surface area contributed by atoms with Gasteiger partial charge in [0.05, 0.1) is 15.1 Å². The molecule has 0 radical (unpaired) electrons. The summed E-state index contributed by atoms with van der Waals surface area (Å²) in [7, 11) is -3.72. The van der Waals surface area contributed by atoms with Gasteiger partial charge in [-0.25, -0.2) is 8.42 Å². The van der Waals surface area contributed by atoms with Gasteiger partial charge in [0.25, 0.3) is 15.9 Å². The van der Waals surface area contributed by atoms with E-state index < -0.39 is 16.1 Å². The third kappa shape index (κ3) is 5.61. The predicted octanol–water partition coefficient (Wildman–Crippen LogP) is 4.96. The highest BCUT2D eigenvalue weighted by molar-refractivity contribution is 9.10. The van der Waals surface area contributed by atoms with Gasteiger partial charge in [-0.3, -0.25) is 9.52 Å². The Morgan fingerprint density at radius 2 is 1.67 bits per heavy atom. The van der Waals surface area contributed by atoms with Crippen LogP contribution in [0.5, 0.6) is 5.75 Å². The molecule has 1 atom stereocenters. The van der Waals surface area contributed by atoms with Crippen LogP contribution in [0.2, 0.25) is 0 Å². The molecular weight excluding hydrogens is 468 g/mol. The molecule has 8 heteroatoms. The number of sulfonamides is 1. The SMILES string of the molecule is Cc1ccc(OC(C)C(=O)Nc2cccc(NS(=O)(=O)c3ccccc3)c2)c(Br)c1. The second-order valence-corrected chi connectivity index (χ2v) is 9.22. The van der Waals surface area contributed by atoms with Gasteiger partial charge in [-0.15, -0.1) is 0 Å². The van der Waals surface area contributed by atoms with Crippen molar-refractivity contribution in [2.75, 3.05) is 10.0 Å². The lowest BCUT2D eigenvalue weighted by Gasteiger charge is -2.16. The Balaban J connectivity index is 1.68. The van der Waals surface area contributed by atoms with Crippen LogP contribution in [0.15, 0.2) is 82.2 Å². The average molecular weight is 489 g/mol. The quantitative estimate of drug-likeness (QED) is 0.491. The largest absolute Gasteiger partial charge is 0.480 e.